The van der Waals surface area contributed by atoms with Crippen molar-refractivity contribution in [2.24, 2.45) is 5.92 Å². The number of carbonyl (C=O) groups is 1. The van der Waals surface area contributed by atoms with E-state index >= 15 is 0 Å². The Labute approximate surface area is 133 Å². The van der Waals surface area contributed by atoms with Gasteiger partial charge in [0.15, 0.2) is 0 Å². The van der Waals surface area contributed by atoms with E-state index in [0.29, 0.717) is 18.2 Å². The van der Waals surface area contributed by atoms with Crippen molar-refractivity contribution in [2.45, 2.75) is 20.3 Å². The lowest BCUT2D eigenvalue weighted by atomic mass is 10.1. The molecule has 0 saturated carbocycles. The maximum atomic E-state index is 12.4. The zero-order chi connectivity index (χ0) is 16.8. The molecule has 6 nitrogen and oxygen atoms in total. The van der Waals surface area contributed by atoms with Crippen LogP contribution in [0, 0.1) is 5.92 Å². The highest BCUT2D eigenvalue weighted by molar-refractivity contribution is 7.90. The molecule has 124 valence electrons. The topological polar surface area (TPSA) is 69.7 Å². The van der Waals surface area contributed by atoms with E-state index in [0.717, 1.165) is 15.0 Å². The van der Waals surface area contributed by atoms with E-state index in [4.69, 9.17) is 0 Å². The van der Waals surface area contributed by atoms with Gasteiger partial charge < -0.3 is 5.32 Å². The molecule has 0 saturated heterocycles. The average molecular weight is 327 g/mol. The van der Waals surface area contributed by atoms with Gasteiger partial charge in [0.25, 0.3) is 0 Å². The molecule has 1 aromatic rings. The Kier molecular flexibility index (Phi) is 6.83. The Morgan fingerprint density at radius 1 is 1.18 bits per heavy atom. The number of para-hydroxylation sites is 1. The third-order valence-electron chi connectivity index (χ3n) is 3.12. The van der Waals surface area contributed by atoms with Crippen LogP contribution in [0.3, 0.4) is 0 Å². The first-order valence-electron chi connectivity index (χ1n) is 7.27. The van der Waals surface area contributed by atoms with Crippen molar-refractivity contribution < 1.29 is 13.2 Å². The molecule has 0 unspecified atom stereocenters. The van der Waals surface area contributed by atoms with Crippen LogP contribution in [-0.4, -0.2) is 45.8 Å². The maximum Gasteiger partial charge on any atom is 0.304 e. The van der Waals surface area contributed by atoms with E-state index in [1.165, 1.54) is 14.1 Å². The second-order valence-corrected chi connectivity index (χ2v) is 7.73. The third kappa shape index (κ3) is 5.31. The van der Waals surface area contributed by atoms with Gasteiger partial charge in [0.1, 0.15) is 6.54 Å². The lowest BCUT2D eigenvalue weighted by Gasteiger charge is -2.26. The van der Waals surface area contributed by atoms with E-state index in [2.05, 4.69) is 19.2 Å². The van der Waals surface area contributed by atoms with Gasteiger partial charge in [-0.25, -0.2) is 4.31 Å². The molecule has 22 heavy (non-hydrogen) atoms. The second-order valence-electron chi connectivity index (χ2n) is 5.66. The number of hydrogen-bond donors (Lipinski definition) is 1. The summed E-state index contributed by atoms with van der Waals surface area (Å²) >= 11 is 0. The van der Waals surface area contributed by atoms with Gasteiger partial charge in [-0.1, -0.05) is 32.0 Å². The molecule has 0 radical (unpaired) electrons. The van der Waals surface area contributed by atoms with Crippen molar-refractivity contribution in [1.29, 1.82) is 0 Å². The van der Waals surface area contributed by atoms with Crippen LogP contribution < -0.4 is 9.62 Å². The molecule has 0 bridgehead atoms. The molecule has 1 aromatic carbocycles. The summed E-state index contributed by atoms with van der Waals surface area (Å²) in [7, 11) is -0.830. The molecule has 0 aliphatic heterocycles. The van der Waals surface area contributed by atoms with Gasteiger partial charge in [-0.05, 0) is 24.5 Å². The maximum absolute atomic E-state index is 12.4. The van der Waals surface area contributed by atoms with Gasteiger partial charge in [-0.2, -0.15) is 12.7 Å². The number of carbonyl (C=O) groups excluding carboxylic acids is 1. The number of nitrogens with zero attached hydrogens (tertiary/aromatic N) is 2. The first-order valence-corrected chi connectivity index (χ1v) is 8.66. The number of rotatable bonds is 8. The van der Waals surface area contributed by atoms with E-state index < -0.39 is 10.2 Å². The quantitative estimate of drug-likeness (QED) is 0.786. The fourth-order valence-corrected chi connectivity index (χ4v) is 2.85. The van der Waals surface area contributed by atoms with Gasteiger partial charge in [-0.15, -0.1) is 0 Å². The molecule has 0 heterocycles. The van der Waals surface area contributed by atoms with Crippen molar-refractivity contribution in [2.75, 3.05) is 31.5 Å². The number of anilines is 1. The highest BCUT2D eigenvalue weighted by Crippen LogP contribution is 2.18. The lowest BCUT2D eigenvalue weighted by molar-refractivity contribution is -0.119. The van der Waals surface area contributed by atoms with Gasteiger partial charge in [-0.3, -0.25) is 4.79 Å². The molecular weight excluding hydrogens is 302 g/mol. The highest BCUT2D eigenvalue weighted by Gasteiger charge is 2.26. The average Bonchev–Trinajstić information content (AvgIpc) is 2.45. The van der Waals surface area contributed by atoms with Crippen LogP contribution in [0.25, 0.3) is 0 Å². The minimum atomic E-state index is -3.72. The largest absolute Gasteiger partial charge is 0.355 e. The van der Waals surface area contributed by atoms with Crippen molar-refractivity contribution in [3.8, 4) is 0 Å². The standard InChI is InChI=1S/C15H25N3O3S/c1-13(2)10-11-16-15(19)12-18(22(20,21)17(3)4)14-8-6-5-7-9-14/h5-9,13H,10-12H2,1-4H3,(H,16,19). The molecule has 1 amide bonds. The normalized spacial score (nSPS) is 11.7. The molecule has 0 aliphatic carbocycles. The Balaban J connectivity index is 2.87. The summed E-state index contributed by atoms with van der Waals surface area (Å²) in [5.74, 6) is 0.172. The van der Waals surface area contributed by atoms with Crippen LogP contribution in [-0.2, 0) is 15.0 Å². The summed E-state index contributed by atoms with van der Waals surface area (Å²) < 4.78 is 27.0. The number of benzene rings is 1. The summed E-state index contributed by atoms with van der Waals surface area (Å²) in [5, 5.41) is 2.76. The Morgan fingerprint density at radius 2 is 1.77 bits per heavy atom. The van der Waals surface area contributed by atoms with Crippen LogP contribution in [0.5, 0.6) is 0 Å². The molecule has 7 heteroatoms. The van der Waals surface area contributed by atoms with Crippen LogP contribution in [0.4, 0.5) is 5.69 Å². The van der Waals surface area contributed by atoms with Gasteiger partial charge in [0.05, 0.1) is 5.69 Å². The van der Waals surface area contributed by atoms with Crippen molar-refractivity contribution in [3.63, 3.8) is 0 Å². The van der Waals surface area contributed by atoms with Crippen molar-refractivity contribution in [1.82, 2.24) is 9.62 Å². The summed E-state index contributed by atoms with van der Waals surface area (Å²) in [5.41, 5.74) is 0.468. The third-order valence-corrected chi connectivity index (χ3v) is 4.94. The minimum absolute atomic E-state index is 0.234. The first-order chi connectivity index (χ1) is 10.2. The van der Waals surface area contributed by atoms with Gasteiger partial charge in [0, 0.05) is 20.6 Å². The summed E-state index contributed by atoms with van der Waals surface area (Å²) in [6.07, 6.45) is 0.859. The summed E-state index contributed by atoms with van der Waals surface area (Å²) in [6.45, 7) is 4.45. The summed E-state index contributed by atoms with van der Waals surface area (Å²) in [4.78, 5) is 12.0. The van der Waals surface area contributed by atoms with Crippen LogP contribution in [0.1, 0.15) is 20.3 Å². The zero-order valence-corrected chi connectivity index (χ0v) is 14.4. The molecule has 0 fully saturated rings. The van der Waals surface area contributed by atoms with E-state index in [9.17, 15) is 13.2 Å². The number of amides is 1. The predicted molar refractivity (Wildman–Crippen MR) is 88.9 cm³/mol. The smallest absolute Gasteiger partial charge is 0.304 e. The molecular formula is C15H25N3O3S. The van der Waals surface area contributed by atoms with Gasteiger partial charge in [0.2, 0.25) is 5.91 Å². The predicted octanol–water partition coefficient (Wildman–Crippen LogP) is 1.46. The molecule has 1 N–H and O–H groups in total. The van der Waals surface area contributed by atoms with E-state index in [1.807, 2.05) is 0 Å². The lowest BCUT2D eigenvalue weighted by Crippen LogP contribution is -2.46. The van der Waals surface area contributed by atoms with Crippen LogP contribution in [0.2, 0.25) is 0 Å². The summed E-state index contributed by atoms with van der Waals surface area (Å²) in [6, 6.07) is 8.62. The molecule has 0 aromatic heterocycles. The molecule has 0 aliphatic rings. The fourth-order valence-electron chi connectivity index (χ4n) is 1.78. The monoisotopic (exact) mass is 327 g/mol. The van der Waals surface area contributed by atoms with Crippen LogP contribution >= 0.6 is 0 Å². The SMILES string of the molecule is CC(C)CCNC(=O)CN(c1ccccc1)S(=O)(=O)N(C)C. The van der Waals surface area contributed by atoms with Crippen molar-refractivity contribution in [3.05, 3.63) is 30.3 Å². The molecule has 0 spiro atoms. The Hall–Kier alpha value is -1.60. The van der Waals surface area contributed by atoms with E-state index in [-0.39, 0.29) is 12.5 Å². The fraction of sp³-hybridized carbons (Fsp3) is 0.533. The first kappa shape index (κ1) is 18.4. The highest BCUT2D eigenvalue weighted by atomic mass is 32.2. The number of hydrogen-bond acceptors (Lipinski definition) is 3. The minimum Gasteiger partial charge on any atom is -0.355 e. The molecule has 0 atom stereocenters. The van der Waals surface area contributed by atoms with Crippen molar-refractivity contribution >= 4 is 21.8 Å². The van der Waals surface area contributed by atoms with Crippen LogP contribution in [0.15, 0.2) is 30.3 Å². The van der Waals surface area contributed by atoms with E-state index in [1.54, 1.807) is 30.3 Å². The Bertz CT molecular complexity index is 571. The zero-order valence-electron chi connectivity index (χ0n) is 13.6. The second kappa shape index (κ2) is 8.14. The number of nitrogens with one attached hydrogen (secondary N) is 1. The molecule has 1 rings (SSSR count). The Morgan fingerprint density at radius 3 is 2.27 bits per heavy atom. The van der Waals surface area contributed by atoms with Gasteiger partial charge >= 0.3 is 10.2 Å².